The molecule has 1 amide bonds. The van der Waals surface area contributed by atoms with E-state index in [4.69, 9.17) is 43.1 Å². The largest absolute Gasteiger partial charge is 0.493 e. The maximum atomic E-state index is 12.2. The number of aryl methyl sites for hydroxylation is 1. The summed E-state index contributed by atoms with van der Waals surface area (Å²) < 4.78 is 31.6. The summed E-state index contributed by atoms with van der Waals surface area (Å²) in [6.07, 6.45) is 4.23. The van der Waals surface area contributed by atoms with Crippen molar-refractivity contribution < 1.29 is 52.7 Å². The van der Waals surface area contributed by atoms with Crippen LogP contribution in [0.1, 0.15) is 43.1 Å². The van der Waals surface area contributed by atoms with E-state index < -0.39 is 42.5 Å². The average molecular weight is 1010 g/mol. The second-order valence-corrected chi connectivity index (χ2v) is 16.8. The lowest BCUT2D eigenvalue weighted by molar-refractivity contribution is -0.742. The third-order valence-corrected chi connectivity index (χ3v) is 8.46. The molecule has 33 heteroatoms. The van der Waals surface area contributed by atoms with Gasteiger partial charge in [-0.15, -0.1) is 10.1 Å². The Morgan fingerprint density at radius 1 is 0.896 bits per heavy atom. The molecule has 0 aliphatic carbocycles. The van der Waals surface area contributed by atoms with Gasteiger partial charge in [0.1, 0.15) is 0 Å². The molecule has 0 bridgehead atoms. The van der Waals surface area contributed by atoms with E-state index in [9.17, 15) is 34.6 Å². The molecule has 1 aromatic carbocycles. The Balaban J connectivity index is 0.00000109. The van der Waals surface area contributed by atoms with E-state index in [1.54, 1.807) is 49.7 Å². The third-order valence-electron chi connectivity index (χ3n) is 7.30. The number of nitrogens with one attached hydrogen (secondary N) is 5. The molecule has 0 saturated heterocycles. The average Bonchev–Trinajstić information content (AvgIpc) is 3.17. The molecule has 4 rings (SSSR count). The van der Waals surface area contributed by atoms with Crippen LogP contribution in [0.15, 0.2) is 44.2 Å². The molecular formula is C34H52N14O16S3. The number of thioether (sulfide) groups is 2. The number of carbonyl (C=O) groups excluding carboxylic acids is 1. The Hall–Kier alpha value is -6.94. The Labute approximate surface area is 390 Å². The number of amides is 1. The van der Waals surface area contributed by atoms with E-state index in [-0.39, 0.29) is 45.2 Å². The number of anilines is 4. The standard InChI is InChI=1S/C24H38N8O3.C5H5N3O4S.C5H6N2O2S.HNO3.H2O4S/c1-16-10-11-17(22(33)25-5)14-18(16)27-20-19(32(34)35)21(31(8)15-24(2,3)4)29-23(28-20)26-12-9-13-30(6)7;1-13-5-6-3(9)2(8(11)12)4(10)7-5;1-10-5-6-3(8)2-4(9)7-5;2-1(3)4;1-5(2,3)4/h10-11,14H,9,12-13,15H2,1-8H3,(H,25,33)(H2,26,27,28,29);1H3,(H2,6,7,9,10);2H,1H3,(H2,6,7,8,9);(H,2,3,4);(H2,1,2,3,4). The molecule has 3 aromatic heterocycles. The highest BCUT2D eigenvalue weighted by Crippen LogP contribution is 2.37. The minimum Gasteiger partial charge on any atom is -0.493 e. The van der Waals surface area contributed by atoms with Gasteiger partial charge < -0.3 is 46.2 Å². The van der Waals surface area contributed by atoms with Crippen molar-refractivity contribution in [3.63, 3.8) is 0 Å². The van der Waals surface area contributed by atoms with Crippen LogP contribution >= 0.6 is 23.5 Å². The van der Waals surface area contributed by atoms with Crippen LogP contribution in [-0.4, -0.2) is 149 Å². The van der Waals surface area contributed by atoms with Crippen molar-refractivity contribution in [3.05, 3.63) is 86.4 Å². The lowest BCUT2D eigenvalue weighted by atomic mass is 9.96. The minimum atomic E-state index is -4.67. The van der Waals surface area contributed by atoms with E-state index in [0.29, 0.717) is 35.4 Å². The first-order valence-corrected chi connectivity index (χ1v) is 22.3. The van der Waals surface area contributed by atoms with Crippen molar-refractivity contribution in [2.45, 2.75) is 44.4 Å². The van der Waals surface area contributed by atoms with Gasteiger partial charge in [0.05, 0.1) is 15.9 Å². The number of hydrogen-bond donors (Lipinski definition) is 10. The second kappa shape index (κ2) is 28.2. The zero-order valence-electron chi connectivity index (χ0n) is 37.6. The van der Waals surface area contributed by atoms with Crippen molar-refractivity contribution >= 4 is 74.5 Å². The number of aromatic nitrogens is 6. The summed E-state index contributed by atoms with van der Waals surface area (Å²) in [6, 6.07) is 6.17. The maximum Gasteiger partial charge on any atom is 0.395 e. The van der Waals surface area contributed by atoms with Crippen LogP contribution < -0.4 is 32.0 Å². The van der Waals surface area contributed by atoms with Crippen molar-refractivity contribution in [1.82, 2.24) is 40.1 Å². The number of nitrogens with zero attached hydrogens (tertiary/aromatic N) is 9. The summed E-state index contributed by atoms with van der Waals surface area (Å²) in [5.41, 5.74) is -0.758. The fraction of sp³-hybridized carbons (Fsp3) is 0.441. The van der Waals surface area contributed by atoms with Gasteiger partial charge >= 0.3 is 27.3 Å². The summed E-state index contributed by atoms with van der Waals surface area (Å²) in [4.78, 5) is 87.5. The van der Waals surface area contributed by atoms with Crippen LogP contribution in [0.3, 0.4) is 0 Å². The fourth-order valence-corrected chi connectivity index (χ4v) is 5.57. The molecule has 0 saturated carbocycles. The van der Waals surface area contributed by atoms with E-state index in [0.717, 1.165) is 36.4 Å². The summed E-state index contributed by atoms with van der Waals surface area (Å²) in [7, 11) is 2.67. The van der Waals surface area contributed by atoms with Crippen LogP contribution in [0.25, 0.3) is 0 Å². The smallest absolute Gasteiger partial charge is 0.395 e. The van der Waals surface area contributed by atoms with Crippen LogP contribution in [0.4, 0.5) is 34.6 Å². The first kappa shape index (κ1) is 60.1. The van der Waals surface area contributed by atoms with Crippen molar-refractivity contribution in [1.29, 1.82) is 0 Å². The molecule has 0 spiro atoms. The molecule has 372 valence electrons. The van der Waals surface area contributed by atoms with Crippen LogP contribution in [0.2, 0.25) is 0 Å². The van der Waals surface area contributed by atoms with E-state index in [1.807, 2.05) is 21.0 Å². The number of carbonyl (C=O) groups is 1. The monoisotopic (exact) mass is 1010 g/mol. The number of H-pyrrole nitrogens is 2. The van der Waals surface area contributed by atoms with Gasteiger partial charge in [-0.2, -0.15) is 28.4 Å². The third kappa shape index (κ3) is 24.8. The number of nitro groups is 2. The number of aromatic amines is 2. The topological polar surface area (TPSA) is 442 Å². The molecule has 10 N–H and O–H groups in total. The van der Waals surface area contributed by atoms with Crippen LogP contribution in [-0.2, 0) is 10.4 Å². The SMILES string of the molecule is CNC(=O)c1ccc(C)c(Nc2nc(NCCCN(C)C)nc(N(C)CC(C)(C)C)c2[N+](=O)[O-])c1.CSc1nc(O)c([N+](=O)[O-])c(=O)[nH]1.CSc1nc(O)cc(=O)[nH]1.O=S(=O)(O)O.O=[N+]([O-])O. The minimum absolute atomic E-state index is 0.0630. The number of aromatic hydroxyl groups is 2. The van der Waals surface area contributed by atoms with E-state index >= 15 is 0 Å². The molecule has 67 heavy (non-hydrogen) atoms. The second-order valence-electron chi connectivity index (χ2n) is 14.4. The Morgan fingerprint density at radius 3 is 1.88 bits per heavy atom. The van der Waals surface area contributed by atoms with Crippen LogP contribution in [0, 0.1) is 42.7 Å². The lowest BCUT2D eigenvalue weighted by Crippen LogP contribution is -2.31. The Kier molecular flexibility index (Phi) is 25.3. The summed E-state index contributed by atoms with van der Waals surface area (Å²) in [5, 5.41) is 63.3. The predicted molar refractivity (Wildman–Crippen MR) is 247 cm³/mol. The van der Waals surface area contributed by atoms with Gasteiger partial charge in [0, 0.05) is 38.4 Å². The molecule has 0 fully saturated rings. The van der Waals surface area contributed by atoms with Gasteiger partial charge in [-0.05, 0) is 69.6 Å². The molecule has 4 aromatic rings. The van der Waals surface area contributed by atoms with E-state index in [1.165, 1.54) is 11.8 Å². The zero-order valence-corrected chi connectivity index (χ0v) is 40.1. The Bertz CT molecular complexity index is 2530. The van der Waals surface area contributed by atoms with Gasteiger partial charge in [0.25, 0.3) is 22.4 Å². The highest BCUT2D eigenvalue weighted by atomic mass is 32.3. The number of hydrogen-bond acceptors (Lipinski definition) is 23. The van der Waals surface area contributed by atoms with Gasteiger partial charge in [-0.25, -0.2) is 0 Å². The Morgan fingerprint density at radius 2 is 1.43 bits per heavy atom. The summed E-state index contributed by atoms with van der Waals surface area (Å²) in [6.45, 7) is 10.1. The molecule has 0 unspecified atom stereocenters. The van der Waals surface area contributed by atoms with Crippen LogP contribution in [0.5, 0.6) is 11.8 Å². The van der Waals surface area contributed by atoms with Gasteiger partial charge in [0.15, 0.2) is 10.3 Å². The highest BCUT2D eigenvalue weighted by Gasteiger charge is 2.30. The molecule has 3 heterocycles. The van der Waals surface area contributed by atoms with Gasteiger partial charge in [-0.3, -0.25) is 48.7 Å². The molecule has 0 atom stereocenters. The molecule has 0 aliphatic heterocycles. The lowest BCUT2D eigenvalue weighted by Gasteiger charge is -2.27. The first-order valence-electron chi connectivity index (χ1n) is 18.5. The molecule has 30 nitrogen and oxygen atoms in total. The quantitative estimate of drug-likeness (QED) is 0.0217. The van der Waals surface area contributed by atoms with Crippen molar-refractivity contribution in [2.75, 3.05) is 75.9 Å². The summed E-state index contributed by atoms with van der Waals surface area (Å²) >= 11 is 2.34. The van der Waals surface area contributed by atoms with Crippen molar-refractivity contribution in [3.8, 4) is 11.8 Å². The van der Waals surface area contributed by atoms with Gasteiger partial charge in [-0.1, -0.05) is 50.4 Å². The fourth-order valence-electron chi connectivity index (χ4n) is 4.81. The maximum absolute atomic E-state index is 12.2. The van der Waals surface area contributed by atoms with E-state index in [2.05, 4.69) is 71.5 Å². The molecular weight excluding hydrogens is 957 g/mol. The zero-order chi connectivity index (χ0) is 52.0. The molecule has 0 radical (unpaired) electrons. The van der Waals surface area contributed by atoms with Gasteiger partial charge in [0.2, 0.25) is 23.5 Å². The normalized spacial score (nSPS) is 10.5. The predicted octanol–water partition coefficient (Wildman–Crippen LogP) is 2.94. The van der Waals surface area contributed by atoms with Crippen molar-refractivity contribution in [2.24, 2.45) is 5.41 Å². The summed E-state index contributed by atoms with van der Waals surface area (Å²) in [5.74, 6) is -0.774. The highest BCUT2D eigenvalue weighted by molar-refractivity contribution is 7.98. The number of rotatable bonds is 14. The first-order chi connectivity index (χ1) is 30.8. The molecule has 0 aliphatic rings. The number of benzene rings is 1.